The molecule has 1 saturated carbocycles. The predicted octanol–water partition coefficient (Wildman–Crippen LogP) is 6.53. The minimum atomic E-state index is -2.74. The van der Waals surface area contributed by atoms with Gasteiger partial charge in [-0.2, -0.15) is 0 Å². The van der Waals surface area contributed by atoms with E-state index < -0.39 is 18.2 Å². The van der Waals surface area contributed by atoms with E-state index >= 15 is 0 Å². The molecular formula is C23H27F4N5O2S. The Morgan fingerprint density at radius 3 is 2.31 bits per heavy atom. The quantitative estimate of drug-likeness (QED) is 0.197. The zero-order chi connectivity index (χ0) is 25.3. The standard InChI is InChI=1S/C15H13F2N5OS.C5H10O.C3H4F2/c1-24-10-5-3-2-4-8(10)19-9-6-11(18-7-23)20-14-12(9)21-15(22-14)13(16)17;1-2-4-6-5-3-1;4-3(5)1-2-3/h2-7,13H,1H3,(H3,18,19,20,21,22,23);1-5H2;1-2H2. The number of thioether (sulfide) groups is 1. The summed E-state index contributed by atoms with van der Waals surface area (Å²) in [5, 5.41) is 5.60. The normalized spacial score (nSPS) is 15.9. The topological polar surface area (TPSA) is 91.9 Å². The molecule has 7 nitrogen and oxygen atoms in total. The van der Waals surface area contributed by atoms with Gasteiger partial charge in [-0.25, -0.2) is 27.5 Å². The van der Waals surface area contributed by atoms with Crippen molar-refractivity contribution in [2.75, 3.05) is 30.1 Å². The van der Waals surface area contributed by atoms with Crippen molar-refractivity contribution in [2.45, 2.75) is 49.3 Å². The van der Waals surface area contributed by atoms with Gasteiger partial charge in [-0.1, -0.05) is 12.1 Å². The zero-order valence-corrected chi connectivity index (χ0v) is 19.9. The highest BCUT2D eigenvalue weighted by Gasteiger charge is 2.43. The fraction of sp³-hybridized carbons (Fsp3) is 0.435. The number of imidazole rings is 1. The van der Waals surface area contributed by atoms with Gasteiger partial charge in [-0.05, 0) is 37.7 Å². The fourth-order valence-corrected chi connectivity index (χ4v) is 3.57. The zero-order valence-electron chi connectivity index (χ0n) is 19.1. The minimum absolute atomic E-state index is 0.0984. The van der Waals surface area contributed by atoms with Gasteiger partial charge in [0.2, 0.25) is 12.3 Å². The molecule has 5 rings (SSSR count). The smallest absolute Gasteiger partial charge is 0.295 e. The number of pyridine rings is 1. The number of fused-ring (bicyclic) bond motifs is 1. The summed E-state index contributed by atoms with van der Waals surface area (Å²) >= 11 is 1.55. The molecule has 190 valence electrons. The summed E-state index contributed by atoms with van der Waals surface area (Å²) in [6.07, 6.45) is 3.83. The van der Waals surface area contributed by atoms with E-state index in [-0.39, 0.29) is 24.3 Å². The van der Waals surface area contributed by atoms with Crippen LogP contribution in [0, 0.1) is 0 Å². The van der Waals surface area contributed by atoms with Crippen molar-refractivity contribution in [3.05, 3.63) is 36.2 Å². The summed E-state index contributed by atoms with van der Waals surface area (Å²) in [7, 11) is 0. The highest BCUT2D eigenvalue weighted by molar-refractivity contribution is 7.98. The van der Waals surface area contributed by atoms with Crippen molar-refractivity contribution in [3.8, 4) is 0 Å². The molecule has 2 fully saturated rings. The van der Waals surface area contributed by atoms with Crippen LogP contribution in [0.25, 0.3) is 11.2 Å². The van der Waals surface area contributed by atoms with Crippen molar-refractivity contribution in [1.82, 2.24) is 15.0 Å². The van der Waals surface area contributed by atoms with Crippen LogP contribution in [0.4, 0.5) is 34.8 Å². The van der Waals surface area contributed by atoms with Crippen LogP contribution in [0.1, 0.15) is 44.4 Å². The number of hydrogen-bond donors (Lipinski definition) is 3. The third kappa shape index (κ3) is 8.39. The van der Waals surface area contributed by atoms with Crippen LogP contribution >= 0.6 is 11.8 Å². The third-order valence-electron chi connectivity index (χ3n) is 4.97. The summed E-state index contributed by atoms with van der Waals surface area (Å²) in [6.45, 7) is 2.00. The van der Waals surface area contributed by atoms with Crippen LogP contribution in [-0.2, 0) is 9.53 Å². The molecule has 0 spiro atoms. The summed E-state index contributed by atoms with van der Waals surface area (Å²) in [4.78, 5) is 22.1. The average Bonchev–Trinajstić information content (AvgIpc) is 3.38. The molecule has 35 heavy (non-hydrogen) atoms. The summed E-state index contributed by atoms with van der Waals surface area (Å²) in [5.74, 6) is -2.50. The van der Waals surface area contributed by atoms with Gasteiger partial charge in [0.15, 0.2) is 11.5 Å². The van der Waals surface area contributed by atoms with Gasteiger partial charge in [0.1, 0.15) is 11.3 Å². The second-order valence-corrected chi connectivity index (χ2v) is 8.64. The lowest BCUT2D eigenvalue weighted by molar-refractivity contribution is -0.105. The molecule has 1 aromatic carbocycles. The third-order valence-corrected chi connectivity index (χ3v) is 5.77. The number of hydrogen-bond acceptors (Lipinski definition) is 6. The number of carbonyl (C=O) groups is 1. The number of para-hydroxylation sites is 1. The van der Waals surface area contributed by atoms with Crippen LogP contribution in [0.3, 0.4) is 0 Å². The van der Waals surface area contributed by atoms with Crippen molar-refractivity contribution in [3.63, 3.8) is 0 Å². The number of aromatic nitrogens is 3. The summed E-state index contributed by atoms with van der Waals surface area (Å²) < 4.78 is 53.2. The Kier molecular flexibility index (Phi) is 9.73. The number of carbonyl (C=O) groups excluding carboxylic acids is 1. The number of halogens is 4. The first kappa shape index (κ1) is 26.7. The SMILES string of the molecule is C1CCOCC1.CSc1ccccc1Nc1cc(NC=O)nc2nc(C(F)F)[nH]c12.FC1(F)CC1. The molecule has 1 amide bonds. The summed E-state index contributed by atoms with van der Waals surface area (Å²) in [6, 6.07) is 9.14. The first-order valence-electron chi connectivity index (χ1n) is 11.1. The van der Waals surface area contributed by atoms with Crippen molar-refractivity contribution in [2.24, 2.45) is 0 Å². The molecule has 1 aliphatic carbocycles. The number of nitrogens with zero attached hydrogens (tertiary/aromatic N) is 2. The Hall–Kier alpha value is -2.86. The van der Waals surface area contributed by atoms with Crippen molar-refractivity contribution >= 4 is 46.5 Å². The Morgan fingerprint density at radius 2 is 1.80 bits per heavy atom. The fourth-order valence-electron chi connectivity index (χ4n) is 3.02. The van der Waals surface area contributed by atoms with Gasteiger partial charge < -0.3 is 20.4 Å². The number of aromatic amines is 1. The van der Waals surface area contributed by atoms with Gasteiger partial charge in [0.05, 0.1) is 11.4 Å². The highest BCUT2D eigenvalue weighted by Crippen LogP contribution is 2.40. The van der Waals surface area contributed by atoms with Gasteiger partial charge in [0, 0.05) is 37.0 Å². The molecule has 2 aromatic heterocycles. The lowest BCUT2D eigenvalue weighted by Gasteiger charge is -2.12. The van der Waals surface area contributed by atoms with Gasteiger partial charge in [-0.15, -0.1) is 11.8 Å². The van der Waals surface area contributed by atoms with E-state index in [1.54, 1.807) is 17.8 Å². The molecule has 0 atom stereocenters. The lowest BCUT2D eigenvalue weighted by Crippen LogP contribution is -2.03. The second kappa shape index (κ2) is 12.7. The maximum Gasteiger partial charge on any atom is 0.295 e. The number of H-pyrrole nitrogens is 1. The number of benzene rings is 1. The average molecular weight is 514 g/mol. The monoisotopic (exact) mass is 513 g/mol. The molecule has 3 aromatic rings. The largest absolute Gasteiger partial charge is 0.381 e. The van der Waals surface area contributed by atoms with E-state index in [0.29, 0.717) is 17.6 Å². The predicted molar refractivity (Wildman–Crippen MR) is 129 cm³/mol. The molecule has 0 bridgehead atoms. The van der Waals surface area contributed by atoms with Crippen LogP contribution in [0.2, 0.25) is 0 Å². The Bertz CT molecular complexity index is 1090. The number of anilines is 3. The van der Waals surface area contributed by atoms with Crippen LogP contribution in [0.15, 0.2) is 35.2 Å². The Balaban J connectivity index is 0.000000253. The van der Waals surface area contributed by atoms with E-state index in [4.69, 9.17) is 4.74 Å². The highest BCUT2D eigenvalue weighted by atomic mass is 32.2. The number of amides is 1. The van der Waals surface area contributed by atoms with Gasteiger partial charge in [0.25, 0.3) is 6.43 Å². The maximum atomic E-state index is 12.9. The Morgan fingerprint density at radius 1 is 1.11 bits per heavy atom. The Labute approximate surface area is 204 Å². The van der Waals surface area contributed by atoms with E-state index in [1.165, 1.54) is 19.3 Å². The van der Waals surface area contributed by atoms with E-state index in [9.17, 15) is 22.4 Å². The number of rotatable bonds is 6. The molecule has 12 heteroatoms. The molecule has 3 heterocycles. The minimum Gasteiger partial charge on any atom is -0.381 e. The molecule has 2 aliphatic rings. The number of ether oxygens (including phenoxy) is 1. The number of alkyl halides is 4. The van der Waals surface area contributed by atoms with E-state index in [1.807, 2.05) is 30.5 Å². The van der Waals surface area contributed by atoms with Gasteiger partial charge in [-0.3, -0.25) is 4.79 Å². The van der Waals surface area contributed by atoms with Crippen molar-refractivity contribution in [1.29, 1.82) is 0 Å². The molecule has 0 radical (unpaired) electrons. The van der Waals surface area contributed by atoms with E-state index in [2.05, 4.69) is 25.6 Å². The summed E-state index contributed by atoms with van der Waals surface area (Å²) in [5.41, 5.74) is 1.74. The lowest BCUT2D eigenvalue weighted by atomic mass is 10.2. The van der Waals surface area contributed by atoms with Crippen LogP contribution in [0.5, 0.6) is 0 Å². The van der Waals surface area contributed by atoms with E-state index in [0.717, 1.165) is 23.8 Å². The van der Waals surface area contributed by atoms with Gasteiger partial charge >= 0.3 is 0 Å². The second-order valence-electron chi connectivity index (χ2n) is 7.79. The molecule has 1 saturated heterocycles. The molecule has 3 N–H and O–H groups in total. The number of nitrogens with one attached hydrogen (secondary N) is 3. The molecular weight excluding hydrogens is 486 g/mol. The first-order valence-corrected chi connectivity index (χ1v) is 12.3. The van der Waals surface area contributed by atoms with Crippen LogP contribution in [-0.4, -0.2) is 46.8 Å². The maximum absolute atomic E-state index is 12.9. The molecule has 1 aliphatic heterocycles. The van der Waals surface area contributed by atoms with Crippen LogP contribution < -0.4 is 10.6 Å². The molecule has 0 unspecified atom stereocenters. The first-order chi connectivity index (χ1) is 16.8. The van der Waals surface area contributed by atoms with Crippen molar-refractivity contribution < 1.29 is 27.1 Å².